The standard InChI is InChI=1S/C41H68N2O12/c1-12-31-41(9,49)36(46)26(5)33(42-51-21-17-20-50-29-18-15-14-16-19-29)24(3)23-40(8,48)37(55-39-34(45)30(43(10)11)22-25(4)52-39)27(6)35(54-32(44)13-2)28(7)38(47)53-31/h14-16,18-19,24-28,30-31,34-37,39,45-46,48-49H,12-13,17,20-23H2,1-11H3/b42-33+/t24-,25-,26+,27+,28-,30+,31-,34-,35+,36-,37-,39+,40?,41-/m1/s1. The summed E-state index contributed by atoms with van der Waals surface area (Å²) in [4.78, 5) is 34.5. The largest absolute Gasteiger partial charge is 0.493 e. The lowest BCUT2D eigenvalue weighted by Crippen LogP contribution is -2.60. The fourth-order valence-electron chi connectivity index (χ4n) is 7.98. The van der Waals surface area contributed by atoms with Crippen molar-refractivity contribution in [1.82, 2.24) is 4.90 Å². The van der Waals surface area contributed by atoms with Crippen LogP contribution in [0.15, 0.2) is 35.5 Å². The number of aliphatic hydroxyl groups is 4. The second-order valence-electron chi connectivity index (χ2n) is 16.2. The minimum atomic E-state index is -1.94. The van der Waals surface area contributed by atoms with Gasteiger partial charge in [-0.2, -0.15) is 0 Å². The lowest BCUT2D eigenvalue weighted by Gasteiger charge is -2.47. The summed E-state index contributed by atoms with van der Waals surface area (Å²) < 4.78 is 30.4. The van der Waals surface area contributed by atoms with Gasteiger partial charge in [0, 0.05) is 36.6 Å². The van der Waals surface area contributed by atoms with Crippen molar-refractivity contribution in [3.05, 3.63) is 30.3 Å². The SMILES string of the molecule is CCC(=O)O[C@H]1[C@H](C)[C@@H](O[C@@H]2O[C@H](C)C[C@H](N(C)C)[C@H]2O)C(C)(O)C[C@@H](C)/C(=N\OCCCOc2ccccc2)[C@H](C)[C@@H](O)[C@](C)(O)[C@@H](CC)OC(=O)[C@@H]1C. The number of carbonyl (C=O) groups excluding carboxylic acids is 2. The second kappa shape index (κ2) is 20.5. The molecule has 314 valence electrons. The van der Waals surface area contributed by atoms with Gasteiger partial charge in [-0.3, -0.25) is 9.59 Å². The molecule has 3 rings (SSSR count). The summed E-state index contributed by atoms with van der Waals surface area (Å²) in [5.74, 6) is -4.00. The van der Waals surface area contributed by atoms with Gasteiger partial charge in [0.25, 0.3) is 0 Å². The first-order valence-electron chi connectivity index (χ1n) is 19.8. The lowest BCUT2D eigenvalue weighted by atomic mass is 9.73. The van der Waals surface area contributed by atoms with Gasteiger partial charge < -0.3 is 53.8 Å². The summed E-state index contributed by atoms with van der Waals surface area (Å²) in [5, 5.41) is 52.2. The highest BCUT2D eigenvalue weighted by Gasteiger charge is 2.52. The maximum atomic E-state index is 13.9. The van der Waals surface area contributed by atoms with Crippen molar-refractivity contribution in [2.45, 2.75) is 155 Å². The number of aliphatic hydroxyl groups excluding tert-OH is 2. The molecule has 0 radical (unpaired) electrons. The van der Waals surface area contributed by atoms with Crippen LogP contribution in [0, 0.1) is 23.7 Å². The molecule has 2 aliphatic heterocycles. The Bertz CT molecular complexity index is 1370. The van der Waals surface area contributed by atoms with Crippen molar-refractivity contribution in [3.63, 3.8) is 0 Å². The van der Waals surface area contributed by atoms with Crippen LogP contribution in [0.2, 0.25) is 0 Å². The Kier molecular flexibility index (Phi) is 17.4. The summed E-state index contributed by atoms with van der Waals surface area (Å²) >= 11 is 0. The van der Waals surface area contributed by atoms with Crippen molar-refractivity contribution in [2.75, 3.05) is 27.3 Å². The van der Waals surface area contributed by atoms with E-state index in [1.165, 1.54) is 6.92 Å². The number of ether oxygens (including phenoxy) is 5. The second-order valence-corrected chi connectivity index (χ2v) is 16.2. The Morgan fingerprint density at radius 3 is 2.25 bits per heavy atom. The molecule has 0 bridgehead atoms. The van der Waals surface area contributed by atoms with Gasteiger partial charge in [-0.15, -0.1) is 0 Å². The number of hydrogen-bond acceptors (Lipinski definition) is 14. The number of oxime groups is 1. The number of cyclic esters (lactones) is 1. The number of carbonyl (C=O) groups is 2. The highest BCUT2D eigenvalue weighted by molar-refractivity contribution is 5.88. The van der Waals surface area contributed by atoms with Gasteiger partial charge in [0.05, 0.1) is 42.1 Å². The Morgan fingerprint density at radius 1 is 1.00 bits per heavy atom. The zero-order valence-corrected chi connectivity index (χ0v) is 34.7. The number of likely N-dealkylation sites (N-methyl/N-ethyl adjacent to an activating group) is 1. The molecule has 14 nitrogen and oxygen atoms in total. The van der Waals surface area contributed by atoms with Crippen molar-refractivity contribution < 1.29 is 58.5 Å². The molecular formula is C41H68N2O12. The number of esters is 2. The van der Waals surface area contributed by atoms with Gasteiger partial charge in [-0.25, -0.2) is 0 Å². The van der Waals surface area contributed by atoms with E-state index in [2.05, 4.69) is 5.16 Å². The molecule has 0 aliphatic carbocycles. The van der Waals surface area contributed by atoms with E-state index in [4.69, 9.17) is 28.5 Å². The minimum absolute atomic E-state index is 0.0134. The zero-order chi connectivity index (χ0) is 41.2. The third-order valence-corrected chi connectivity index (χ3v) is 11.2. The van der Waals surface area contributed by atoms with Crippen LogP contribution in [0.25, 0.3) is 0 Å². The fourth-order valence-corrected chi connectivity index (χ4v) is 7.98. The van der Waals surface area contributed by atoms with E-state index in [9.17, 15) is 30.0 Å². The molecule has 14 atom stereocenters. The predicted molar refractivity (Wildman–Crippen MR) is 206 cm³/mol. The predicted octanol–water partition coefficient (Wildman–Crippen LogP) is 4.09. The Morgan fingerprint density at radius 2 is 1.65 bits per heavy atom. The van der Waals surface area contributed by atoms with Gasteiger partial charge >= 0.3 is 11.9 Å². The Balaban J connectivity index is 2.09. The molecule has 55 heavy (non-hydrogen) atoms. The van der Waals surface area contributed by atoms with Crippen molar-refractivity contribution in [1.29, 1.82) is 0 Å². The van der Waals surface area contributed by atoms with Crippen LogP contribution in [0.1, 0.15) is 94.4 Å². The van der Waals surface area contributed by atoms with Crippen LogP contribution in [0.4, 0.5) is 0 Å². The highest BCUT2D eigenvalue weighted by atomic mass is 16.7. The molecule has 1 aromatic carbocycles. The van der Waals surface area contributed by atoms with Crippen molar-refractivity contribution in [3.8, 4) is 5.75 Å². The molecule has 2 aliphatic rings. The van der Waals surface area contributed by atoms with Gasteiger partial charge in [0.15, 0.2) is 6.29 Å². The molecule has 1 aromatic rings. The first-order chi connectivity index (χ1) is 25.8. The van der Waals surface area contributed by atoms with Gasteiger partial charge in [0.2, 0.25) is 0 Å². The molecular weight excluding hydrogens is 712 g/mol. The van der Waals surface area contributed by atoms with Gasteiger partial charge in [-0.05, 0) is 73.2 Å². The van der Waals surface area contributed by atoms with Crippen LogP contribution in [-0.4, -0.2) is 130 Å². The van der Waals surface area contributed by atoms with Gasteiger partial charge in [-0.1, -0.05) is 58.0 Å². The Labute approximate surface area is 327 Å². The van der Waals surface area contributed by atoms with Crippen molar-refractivity contribution >= 4 is 17.7 Å². The molecule has 0 spiro atoms. The lowest BCUT2D eigenvalue weighted by molar-refractivity contribution is -0.299. The molecule has 14 heteroatoms. The van der Waals surface area contributed by atoms with E-state index in [0.29, 0.717) is 25.2 Å². The summed E-state index contributed by atoms with van der Waals surface area (Å²) in [6.07, 6.45) is -6.36. The first-order valence-corrected chi connectivity index (χ1v) is 19.8. The molecule has 2 saturated heterocycles. The van der Waals surface area contributed by atoms with Crippen LogP contribution < -0.4 is 4.74 Å². The maximum absolute atomic E-state index is 13.9. The number of hydrogen-bond donors (Lipinski definition) is 4. The number of nitrogens with zero attached hydrogens (tertiary/aromatic N) is 2. The topological polar surface area (TPSA) is 186 Å². The van der Waals surface area contributed by atoms with Gasteiger partial charge in [0.1, 0.15) is 36.3 Å². The van der Waals surface area contributed by atoms with E-state index in [0.717, 1.165) is 5.75 Å². The maximum Gasteiger partial charge on any atom is 0.312 e. The zero-order valence-electron chi connectivity index (χ0n) is 34.7. The average Bonchev–Trinajstić information content (AvgIpc) is 3.13. The van der Waals surface area contributed by atoms with E-state index < -0.39 is 83.6 Å². The number of benzene rings is 1. The van der Waals surface area contributed by atoms with Crippen LogP contribution in [0.5, 0.6) is 5.75 Å². The summed E-state index contributed by atoms with van der Waals surface area (Å²) in [6.45, 7) is 15.6. The molecule has 0 aromatic heterocycles. The molecule has 2 fully saturated rings. The summed E-state index contributed by atoms with van der Waals surface area (Å²) in [5.41, 5.74) is -3.34. The van der Waals surface area contributed by atoms with E-state index in [-0.39, 0.29) is 38.0 Å². The van der Waals surface area contributed by atoms with E-state index in [1.54, 1.807) is 41.5 Å². The number of rotatable bonds is 12. The van der Waals surface area contributed by atoms with E-state index in [1.807, 2.05) is 63.2 Å². The fraction of sp³-hybridized carbons (Fsp3) is 0.780. The minimum Gasteiger partial charge on any atom is -0.493 e. The average molecular weight is 781 g/mol. The normalized spacial score (nSPS) is 38.9. The third kappa shape index (κ3) is 12.1. The van der Waals surface area contributed by atoms with Crippen LogP contribution >= 0.6 is 0 Å². The molecule has 0 saturated carbocycles. The number of para-hydroxylation sites is 1. The monoisotopic (exact) mass is 780 g/mol. The molecule has 0 amide bonds. The first kappa shape index (κ1) is 46.5. The molecule has 2 heterocycles. The highest BCUT2D eigenvalue weighted by Crippen LogP contribution is 2.39. The molecule has 4 N–H and O–H groups in total. The quantitative estimate of drug-likeness (QED) is 0.135. The van der Waals surface area contributed by atoms with Crippen molar-refractivity contribution in [2.24, 2.45) is 28.8 Å². The van der Waals surface area contributed by atoms with Crippen LogP contribution in [-0.2, 0) is 33.4 Å². The smallest absolute Gasteiger partial charge is 0.312 e. The van der Waals surface area contributed by atoms with E-state index >= 15 is 0 Å². The van der Waals surface area contributed by atoms with Crippen LogP contribution in [0.3, 0.4) is 0 Å². The molecule has 1 unspecified atom stereocenters. The summed E-state index contributed by atoms with van der Waals surface area (Å²) in [6, 6.07) is 9.07. The summed E-state index contributed by atoms with van der Waals surface area (Å²) in [7, 11) is 3.71. The third-order valence-electron chi connectivity index (χ3n) is 11.2. The Hall–Kier alpha value is -2.85.